The average Bonchev–Trinajstić information content (AvgIpc) is 3.34. The molecule has 0 radical (unpaired) electrons. The van der Waals surface area contributed by atoms with E-state index in [1.165, 1.54) is 30.1 Å². The molecule has 1 aromatic rings. The molecule has 5 aliphatic rings. The van der Waals surface area contributed by atoms with Crippen LogP contribution < -0.4 is 21.4 Å². The number of aromatic hydroxyl groups is 1. The number of rotatable bonds is 12. The van der Waals surface area contributed by atoms with Crippen molar-refractivity contribution in [2.24, 2.45) is 41.4 Å². The van der Waals surface area contributed by atoms with Crippen LogP contribution in [0.3, 0.4) is 0 Å². The van der Waals surface area contributed by atoms with Crippen LogP contribution >= 0.6 is 0 Å². The number of carbonyl (C=O) groups is 5. The summed E-state index contributed by atoms with van der Waals surface area (Å²) in [6.45, 7) is 14.9. The van der Waals surface area contributed by atoms with Crippen LogP contribution in [0, 0.1) is 41.4 Å². The Hall–Kier alpha value is -5.13. The largest absolute Gasteiger partial charge is 0.508 e. The SMILES string of the molecule is CC[C@H]1C[C@@H]2CC3=C[C@@H](C)[C@H](C[C@H](O)[C@@H](C)CC/C=C/C=C(\C)[C@@H]4C/C=C/C=C/[C@H](O)[C@H](C)[C@@H](O)[C@@H](C)C(=O)N[C@@H](C(C)C)C(=O)N[C@@H](Cc5cccc(O)c5)C(=O)N5CCCC(N5)C(=O)O4)O[C@@]32NC1=O. The van der Waals surface area contributed by atoms with Gasteiger partial charge in [-0.15, -0.1) is 0 Å². The Labute approximate surface area is 425 Å². The summed E-state index contributed by atoms with van der Waals surface area (Å²) in [5.41, 5.74) is 4.80. The van der Waals surface area contributed by atoms with Crippen LogP contribution in [-0.2, 0) is 39.9 Å². The predicted molar refractivity (Wildman–Crippen MR) is 273 cm³/mol. The van der Waals surface area contributed by atoms with Gasteiger partial charge in [-0.25, -0.2) is 5.43 Å². The minimum atomic E-state index is -1.28. The number of hydrogen-bond donors (Lipinski definition) is 8. The van der Waals surface area contributed by atoms with E-state index in [-0.39, 0.29) is 60.8 Å². The van der Waals surface area contributed by atoms with Gasteiger partial charge in [-0.3, -0.25) is 29.0 Å². The zero-order chi connectivity index (χ0) is 52.4. The zero-order valence-electron chi connectivity index (χ0n) is 43.5. The summed E-state index contributed by atoms with van der Waals surface area (Å²) in [5, 5.41) is 54.0. The van der Waals surface area contributed by atoms with Gasteiger partial charge >= 0.3 is 5.97 Å². The number of hydrogen-bond acceptors (Lipinski definition) is 12. The number of piperidine rings is 1. The van der Waals surface area contributed by atoms with E-state index in [9.17, 15) is 44.4 Å². The second kappa shape index (κ2) is 25.2. The maximum Gasteiger partial charge on any atom is 0.325 e. The predicted octanol–water partition coefficient (Wildman–Crippen LogP) is 5.37. The molecule has 4 amide bonds. The molecule has 1 saturated carbocycles. The third-order valence-corrected chi connectivity index (χ3v) is 15.7. The quantitative estimate of drug-likeness (QED) is 0.0750. The molecule has 8 N–H and O–H groups in total. The molecule has 1 aliphatic carbocycles. The van der Waals surface area contributed by atoms with E-state index in [0.29, 0.717) is 31.2 Å². The van der Waals surface area contributed by atoms with E-state index in [2.05, 4.69) is 34.4 Å². The number of phenols is 1. The van der Waals surface area contributed by atoms with Gasteiger partial charge in [-0.05, 0) is 92.5 Å². The van der Waals surface area contributed by atoms with E-state index < -0.39 is 89.7 Å². The summed E-state index contributed by atoms with van der Waals surface area (Å²) < 4.78 is 12.9. The van der Waals surface area contributed by atoms with Gasteiger partial charge in [-0.2, -0.15) is 0 Å². The first-order valence-corrected chi connectivity index (χ1v) is 26.3. The number of carbonyl (C=O) groups excluding carboxylic acids is 5. The fraction of sp³-hybridized carbons (Fsp3) is 0.625. The van der Waals surface area contributed by atoms with Crippen molar-refractivity contribution in [1.29, 1.82) is 0 Å². The van der Waals surface area contributed by atoms with Gasteiger partial charge in [0.1, 0.15) is 30.0 Å². The van der Waals surface area contributed by atoms with Gasteiger partial charge in [0.2, 0.25) is 17.7 Å². The molecule has 3 fully saturated rings. The van der Waals surface area contributed by atoms with Crippen molar-refractivity contribution in [1.82, 2.24) is 26.4 Å². The van der Waals surface area contributed by atoms with Crippen molar-refractivity contribution in [3.8, 4) is 5.75 Å². The molecule has 4 heterocycles. The Kier molecular flexibility index (Phi) is 19.7. The summed E-state index contributed by atoms with van der Waals surface area (Å²) in [7, 11) is 0. The Morgan fingerprint density at radius 3 is 2.50 bits per heavy atom. The van der Waals surface area contributed by atoms with Gasteiger partial charge < -0.3 is 45.9 Å². The molecule has 4 aliphatic heterocycles. The average molecular weight is 1000 g/mol. The van der Waals surface area contributed by atoms with Crippen LogP contribution in [-0.4, -0.2) is 116 Å². The monoisotopic (exact) mass is 1000 g/mol. The Bertz CT molecular complexity index is 2240. The van der Waals surface area contributed by atoms with E-state index in [1.807, 2.05) is 45.1 Å². The minimum Gasteiger partial charge on any atom is -0.508 e. The van der Waals surface area contributed by atoms with Crippen molar-refractivity contribution in [2.45, 2.75) is 174 Å². The van der Waals surface area contributed by atoms with Crippen molar-refractivity contribution in [3.05, 3.63) is 89.6 Å². The third kappa shape index (κ3) is 13.7. The maximum atomic E-state index is 14.4. The Morgan fingerprint density at radius 2 is 1.78 bits per heavy atom. The molecule has 6 rings (SSSR count). The zero-order valence-corrected chi connectivity index (χ0v) is 43.5. The summed E-state index contributed by atoms with van der Waals surface area (Å²) in [6.07, 6.45) is 16.3. The molecule has 15 atom stereocenters. The summed E-state index contributed by atoms with van der Waals surface area (Å²) in [6, 6.07) is 3.18. The highest BCUT2D eigenvalue weighted by molar-refractivity contribution is 5.93. The fourth-order valence-electron chi connectivity index (χ4n) is 10.6. The standard InChI is InChI=1S/C56H81N5O11/c1-9-39-29-41-30-40-26-35(6)48(72-56(40,41)59-52(39)67)31-46(64)33(4)18-12-10-13-19-34(5)47-24-15-11-14-23-45(63)36(7)50(65)37(8)51(66)58-49(32(2)3)53(68)57-44(28-38-20-16-21-42(62)27-38)54(69)61-25-17-22-43(60-61)55(70)71-47/h10-11,13-16,19-21,23,26-27,32-33,35-37,39,41,43-50,60,62-65H,9,12,17-18,22,24-25,28-31H2,1-8H3,(H,57,68)(H,58,66)(H,59,67)/b13-10+,15-11+,23-14+,34-19+/t33-,35+,36-,37+,39-,41+,43?,44-,45-,46-,47-,48-,49-,50+,56-/m0/s1. The number of aliphatic hydroxyl groups is 3. The van der Waals surface area contributed by atoms with E-state index in [0.717, 1.165) is 36.8 Å². The van der Waals surface area contributed by atoms with Crippen LogP contribution in [0.2, 0.25) is 0 Å². The summed E-state index contributed by atoms with van der Waals surface area (Å²) in [5.74, 6) is -4.15. The highest BCUT2D eigenvalue weighted by Gasteiger charge is 2.60. The molecular weight excluding hydrogens is 919 g/mol. The molecule has 72 heavy (non-hydrogen) atoms. The van der Waals surface area contributed by atoms with Crippen LogP contribution in [0.1, 0.15) is 119 Å². The minimum absolute atomic E-state index is 0.00979. The number of cyclic esters (lactones) is 1. The Morgan fingerprint density at radius 1 is 1.01 bits per heavy atom. The summed E-state index contributed by atoms with van der Waals surface area (Å²) in [4.78, 5) is 68.9. The molecule has 1 spiro atoms. The number of hydrazine groups is 1. The number of phenolic OH excluding ortho intramolecular Hbond substituents is 1. The molecule has 396 valence electrons. The van der Waals surface area contributed by atoms with Crippen molar-refractivity contribution >= 4 is 29.6 Å². The van der Waals surface area contributed by atoms with Crippen LogP contribution in [0.4, 0.5) is 0 Å². The number of nitrogens with zero attached hydrogens (tertiary/aromatic N) is 1. The lowest BCUT2D eigenvalue weighted by atomic mass is 9.62. The number of amides is 4. The molecule has 1 aromatic carbocycles. The number of fused-ring (bicyclic) bond motifs is 2. The van der Waals surface area contributed by atoms with Crippen molar-refractivity contribution < 1.29 is 53.9 Å². The van der Waals surface area contributed by atoms with Crippen molar-refractivity contribution in [2.75, 3.05) is 6.54 Å². The smallest absolute Gasteiger partial charge is 0.325 e. The normalized spacial score (nSPS) is 35.2. The lowest BCUT2D eigenvalue weighted by molar-refractivity contribution is -0.205. The van der Waals surface area contributed by atoms with Gasteiger partial charge in [0.25, 0.3) is 5.91 Å². The van der Waals surface area contributed by atoms with E-state index in [1.54, 1.807) is 45.1 Å². The maximum absolute atomic E-state index is 14.4. The molecule has 2 saturated heterocycles. The first-order valence-electron chi connectivity index (χ1n) is 26.3. The second-order valence-electron chi connectivity index (χ2n) is 21.5. The van der Waals surface area contributed by atoms with Crippen LogP contribution in [0.15, 0.2) is 84.0 Å². The second-order valence-corrected chi connectivity index (χ2v) is 21.5. The van der Waals surface area contributed by atoms with Crippen LogP contribution in [0.5, 0.6) is 5.75 Å². The van der Waals surface area contributed by atoms with Crippen molar-refractivity contribution in [3.63, 3.8) is 0 Å². The lowest BCUT2D eigenvalue weighted by Gasteiger charge is -2.59. The molecule has 2 bridgehead atoms. The van der Waals surface area contributed by atoms with Gasteiger partial charge in [0.15, 0.2) is 5.72 Å². The number of benzene rings is 1. The topological polar surface area (TPSA) is 236 Å². The Balaban J connectivity index is 1.14. The van der Waals surface area contributed by atoms with E-state index >= 15 is 0 Å². The highest BCUT2D eigenvalue weighted by atomic mass is 16.5. The first-order chi connectivity index (χ1) is 34.2. The lowest BCUT2D eigenvalue weighted by Crippen LogP contribution is -2.70. The first kappa shape index (κ1) is 56.2. The van der Waals surface area contributed by atoms with Crippen LogP contribution in [0.25, 0.3) is 0 Å². The molecule has 1 unspecified atom stereocenters. The molecule has 16 nitrogen and oxygen atoms in total. The van der Waals surface area contributed by atoms with Gasteiger partial charge in [0, 0.05) is 49.5 Å². The third-order valence-electron chi connectivity index (χ3n) is 15.7. The highest BCUT2D eigenvalue weighted by Crippen LogP contribution is 2.54. The van der Waals surface area contributed by atoms with Gasteiger partial charge in [0.05, 0.1) is 30.3 Å². The van der Waals surface area contributed by atoms with Gasteiger partial charge in [-0.1, -0.05) is 109 Å². The van der Waals surface area contributed by atoms with E-state index in [4.69, 9.17) is 9.47 Å². The molecule has 0 aromatic heterocycles. The summed E-state index contributed by atoms with van der Waals surface area (Å²) >= 11 is 0. The number of esters is 1. The molecule has 16 heteroatoms. The molecular formula is C56H81N5O11. The number of aliphatic hydroxyl groups excluding tert-OH is 3. The fourth-order valence-corrected chi connectivity index (χ4v) is 10.6. The number of nitrogens with one attached hydrogen (secondary N) is 4. The number of allylic oxidation sites excluding steroid dienone is 5. The number of ether oxygens (including phenoxy) is 2.